The van der Waals surface area contributed by atoms with E-state index in [0.717, 1.165) is 6.42 Å². The van der Waals surface area contributed by atoms with Gasteiger partial charge in [-0.3, -0.25) is 4.57 Å². The average molecular weight is 705 g/mol. The number of ether oxygens (including phenoxy) is 2. The molecule has 0 aliphatic carbocycles. The summed E-state index contributed by atoms with van der Waals surface area (Å²) in [6.45, 7) is 4.57. The Labute approximate surface area is 250 Å². The summed E-state index contributed by atoms with van der Waals surface area (Å²) in [5.41, 5.74) is 0.431. The number of hydrogen-bond acceptors (Lipinski definition) is 9. The van der Waals surface area contributed by atoms with Gasteiger partial charge in [-0.2, -0.15) is 0 Å². The molecule has 3 aromatic rings. The van der Waals surface area contributed by atoms with E-state index in [1.165, 1.54) is 27.5 Å². The summed E-state index contributed by atoms with van der Waals surface area (Å²) in [7, 11) is 2.27. The van der Waals surface area contributed by atoms with E-state index >= 15 is 0 Å². The van der Waals surface area contributed by atoms with Crippen LogP contribution in [0.4, 0.5) is 10.7 Å². The zero-order chi connectivity index (χ0) is 29.0. The van der Waals surface area contributed by atoms with Gasteiger partial charge in [-0.05, 0) is 65.7 Å². The van der Waals surface area contributed by atoms with Crippen molar-refractivity contribution in [1.82, 2.24) is 24.6 Å². The molecule has 0 unspecified atom stereocenters. The molecule has 12 nitrogen and oxygen atoms in total. The lowest BCUT2D eigenvalue weighted by Gasteiger charge is -2.38. The molecule has 0 radical (unpaired) electrons. The van der Waals surface area contributed by atoms with Crippen molar-refractivity contribution in [3.05, 3.63) is 36.1 Å². The van der Waals surface area contributed by atoms with Gasteiger partial charge in [-0.15, -0.1) is 10.2 Å². The van der Waals surface area contributed by atoms with Crippen LogP contribution in [0, 0.1) is 6.92 Å². The fourth-order valence-electron chi connectivity index (χ4n) is 4.57. The number of para-hydroxylation sites is 1. The molecule has 218 valence electrons. The Morgan fingerprint density at radius 2 is 1.88 bits per heavy atom. The van der Waals surface area contributed by atoms with E-state index in [2.05, 4.69) is 31.4 Å². The number of sulfonamides is 1. The highest BCUT2D eigenvalue weighted by molar-refractivity contribution is 14.2. The topological polar surface area (TPSA) is 123 Å². The van der Waals surface area contributed by atoms with E-state index in [1.807, 2.05) is 13.8 Å². The summed E-state index contributed by atoms with van der Waals surface area (Å²) in [6, 6.07) is 8.57. The standard InChI is InChI=1S/C25H33IN6O6S2/c1-17-11-12-29(3)25(33)30(17)14-16-40(34,35)31(13-15-39-26)24-28-27-23(21-10-9-18(2)38-21)32(24)22-19(36-4)7-6-8-20(22)37-5/h6-10,17H,11-16H2,1-5H3/t17-/m1/s1. The van der Waals surface area contributed by atoms with Gasteiger partial charge in [0.15, 0.2) is 5.76 Å². The molecule has 1 aliphatic rings. The highest BCUT2D eigenvalue weighted by Crippen LogP contribution is 2.39. The zero-order valence-electron chi connectivity index (χ0n) is 23.0. The van der Waals surface area contributed by atoms with Crippen LogP contribution in [0.2, 0.25) is 0 Å². The Kier molecular flexibility index (Phi) is 9.76. The van der Waals surface area contributed by atoms with E-state index < -0.39 is 10.0 Å². The van der Waals surface area contributed by atoms with Crippen molar-refractivity contribution in [2.24, 2.45) is 0 Å². The van der Waals surface area contributed by atoms with Crippen LogP contribution in [0.25, 0.3) is 17.3 Å². The van der Waals surface area contributed by atoms with Crippen molar-refractivity contribution in [1.29, 1.82) is 0 Å². The molecule has 0 bridgehead atoms. The number of furan rings is 1. The number of hydrogen-bond donors (Lipinski definition) is 0. The maximum Gasteiger partial charge on any atom is 0.320 e. The predicted molar refractivity (Wildman–Crippen MR) is 163 cm³/mol. The highest BCUT2D eigenvalue weighted by atomic mass is 127. The molecule has 0 saturated carbocycles. The number of halogens is 1. The predicted octanol–water partition coefficient (Wildman–Crippen LogP) is 4.22. The average Bonchev–Trinajstić information content (AvgIpc) is 3.56. The van der Waals surface area contributed by atoms with Crippen LogP contribution in [-0.4, -0.2) is 97.5 Å². The monoisotopic (exact) mass is 704 g/mol. The van der Waals surface area contributed by atoms with Gasteiger partial charge in [0.25, 0.3) is 0 Å². The van der Waals surface area contributed by atoms with Crippen molar-refractivity contribution < 1.29 is 27.1 Å². The Morgan fingerprint density at radius 3 is 2.48 bits per heavy atom. The molecule has 0 N–H and O–H groups in total. The molecule has 4 rings (SSSR count). The molecule has 1 aromatic carbocycles. The molecule has 0 spiro atoms. The van der Waals surface area contributed by atoms with Crippen LogP contribution >= 0.6 is 30.1 Å². The second-order valence-electron chi connectivity index (χ2n) is 9.32. The number of urea groups is 1. The SMILES string of the molecule is COc1cccc(OC)c1-n1c(-c2ccc(C)o2)nnc1N(CCSI)S(=O)(=O)CCN1C(=O)N(C)CC[C@H]1C. The molecule has 1 fully saturated rings. The van der Waals surface area contributed by atoms with Crippen molar-refractivity contribution in [3.8, 4) is 28.8 Å². The van der Waals surface area contributed by atoms with Crippen molar-refractivity contribution >= 4 is 52.1 Å². The summed E-state index contributed by atoms with van der Waals surface area (Å²) in [5.74, 6) is 2.49. The highest BCUT2D eigenvalue weighted by Gasteiger charge is 2.35. The van der Waals surface area contributed by atoms with Gasteiger partial charge in [0.05, 0.1) is 20.0 Å². The minimum Gasteiger partial charge on any atom is -0.494 e. The number of rotatable bonds is 12. The molecular weight excluding hydrogens is 671 g/mol. The van der Waals surface area contributed by atoms with E-state index in [0.29, 0.717) is 41.0 Å². The van der Waals surface area contributed by atoms with Crippen LogP contribution in [0.15, 0.2) is 34.7 Å². The number of nitrogens with zero attached hydrogens (tertiary/aromatic N) is 6. The Bertz CT molecular complexity index is 1420. The Hall–Kier alpha value is -2.66. The van der Waals surface area contributed by atoms with Gasteiger partial charge in [0, 0.05) is 38.5 Å². The summed E-state index contributed by atoms with van der Waals surface area (Å²) >= 11 is 2.13. The summed E-state index contributed by atoms with van der Waals surface area (Å²) in [5, 5.41) is 8.75. The number of amides is 2. The normalized spacial score (nSPS) is 15.9. The molecular formula is C25H33IN6O6S2. The quantitative estimate of drug-likeness (QED) is 0.255. The summed E-state index contributed by atoms with van der Waals surface area (Å²) in [4.78, 5) is 16.0. The fraction of sp³-hybridized carbons (Fsp3) is 0.480. The summed E-state index contributed by atoms with van der Waals surface area (Å²) < 4.78 is 48.1. The lowest BCUT2D eigenvalue weighted by Crippen LogP contribution is -2.53. The van der Waals surface area contributed by atoms with Crippen LogP contribution in [-0.2, 0) is 10.0 Å². The van der Waals surface area contributed by atoms with Gasteiger partial charge < -0.3 is 23.7 Å². The lowest BCUT2D eigenvalue weighted by molar-refractivity contribution is 0.118. The molecule has 40 heavy (non-hydrogen) atoms. The largest absolute Gasteiger partial charge is 0.494 e. The van der Waals surface area contributed by atoms with E-state index in [1.54, 1.807) is 51.7 Å². The van der Waals surface area contributed by atoms with Gasteiger partial charge in [0.2, 0.25) is 21.8 Å². The van der Waals surface area contributed by atoms with E-state index in [-0.39, 0.29) is 42.7 Å². The van der Waals surface area contributed by atoms with Crippen LogP contribution in [0.5, 0.6) is 11.5 Å². The third-order valence-corrected chi connectivity index (χ3v) is 10.1. The van der Waals surface area contributed by atoms with E-state index in [4.69, 9.17) is 13.9 Å². The Balaban J connectivity index is 1.84. The number of aromatic nitrogens is 3. The first kappa shape index (κ1) is 30.3. The van der Waals surface area contributed by atoms with Gasteiger partial charge in [-0.1, -0.05) is 15.0 Å². The van der Waals surface area contributed by atoms with Gasteiger partial charge in [0.1, 0.15) is 22.9 Å². The van der Waals surface area contributed by atoms with Crippen molar-refractivity contribution in [2.75, 3.05) is 56.7 Å². The molecule has 2 aromatic heterocycles. The molecule has 1 atom stereocenters. The smallest absolute Gasteiger partial charge is 0.320 e. The first-order valence-corrected chi connectivity index (χ1v) is 17.8. The molecule has 1 saturated heterocycles. The van der Waals surface area contributed by atoms with Crippen LogP contribution < -0.4 is 13.8 Å². The molecule has 1 aliphatic heterocycles. The number of anilines is 1. The number of carbonyl (C=O) groups excluding carboxylic acids is 1. The van der Waals surface area contributed by atoms with Crippen LogP contribution in [0.1, 0.15) is 19.1 Å². The molecule has 15 heteroatoms. The maximum atomic E-state index is 14.0. The molecule has 2 amide bonds. The third-order valence-electron chi connectivity index (χ3n) is 6.74. The minimum atomic E-state index is -3.98. The summed E-state index contributed by atoms with van der Waals surface area (Å²) in [6.07, 6.45) is 0.769. The number of carbonyl (C=O) groups is 1. The second-order valence-corrected chi connectivity index (χ2v) is 13.8. The fourth-order valence-corrected chi connectivity index (χ4v) is 6.91. The Morgan fingerprint density at radius 1 is 1.18 bits per heavy atom. The van der Waals surface area contributed by atoms with Crippen LogP contribution in [0.3, 0.4) is 0 Å². The number of methoxy groups -OCH3 is 2. The van der Waals surface area contributed by atoms with Crippen molar-refractivity contribution in [2.45, 2.75) is 26.3 Å². The zero-order valence-corrected chi connectivity index (χ0v) is 26.8. The number of aryl methyl sites for hydroxylation is 1. The van der Waals surface area contributed by atoms with Gasteiger partial charge >= 0.3 is 6.03 Å². The minimum absolute atomic E-state index is 0.0525. The first-order valence-electron chi connectivity index (χ1n) is 12.6. The van der Waals surface area contributed by atoms with E-state index in [9.17, 15) is 13.2 Å². The van der Waals surface area contributed by atoms with Gasteiger partial charge in [-0.25, -0.2) is 17.5 Å². The first-order chi connectivity index (χ1) is 19.1. The maximum absolute atomic E-state index is 14.0. The number of benzene rings is 1. The third kappa shape index (κ3) is 6.15. The second kappa shape index (κ2) is 12.9. The molecule has 3 heterocycles. The van der Waals surface area contributed by atoms with Crippen molar-refractivity contribution in [3.63, 3.8) is 0 Å². The lowest BCUT2D eigenvalue weighted by atomic mass is 10.1.